The van der Waals surface area contributed by atoms with E-state index in [0.717, 1.165) is 5.56 Å². The minimum absolute atomic E-state index is 0.127. The lowest BCUT2D eigenvalue weighted by Crippen LogP contribution is -2.24. The largest absolute Gasteiger partial charge is 0.472 e. The van der Waals surface area contributed by atoms with E-state index >= 15 is 0 Å². The molecule has 0 aromatic carbocycles. The summed E-state index contributed by atoms with van der Waals surface area (Å²) in [6.07, 6.45) is 3.14. The van der Waals surface area contributed by atoms with E-state index < -0.39 is 5.91 Å². The monoisotopic (exact) mass is 170 g/mol. The summed E-state index contributed by atoms with van der Waals surface area (Å²) in [5, 5.41) is 0. The van der Waals surface area contributed by atoms with Gasteiger partial charge in [0.25, 0.3) is 0 Å². The Bertz CT molecular complexity index is 233. The molecule has 66 valence electrons. The molecule has 0 spiro atoms. The van der Waals surface area contributed by atoms with Crippen molar-refractivity contribution in [3.63, 3.8) is 0 Å². The van der Waals surface area contributed by atoms with Crippen LogP contribution >= 0.6 is 0 Å². The normalized spacial score (nSPS) is 10.0. The van der Waals surface area contributed by atoms with E-state index in [2.05, 4.69) is 5.48 Å². The summed E-state index contributed by atoms with van der Waals surface area (Å²) >= 11 is 0. The molecule has 1 amide bonds. The highest BCUT2D eigenvalue weighted by atomic mass is 16.6. The smallest absolute Gasteiger partial charge is 0.245 e. The predicted octanol–water partition coefficient (Wildman–Crippen LogP) is -0.214. The Morgan fingerprint density at radius 1 is 1.75 bits per heavy atom. The van der Waals surface area contributed by atoms with Crippen molar-refractivity contribution in [2.75, 3.05) is 6.61 Å². The van der Waals surface area contributed by atoms with Gasteiger partial charge >= 0.3 is 0 Å². The number of hydroxylamine groups is 1. The highest BCUT2D eigenvalue weighted by Crippen LogP contribution is 1.97. The number of carbonyl (C=O) groups excluding carboxylic acids is 1. The second kappa shape index (κ2) is 4.53. The first kappa shape index (κ1) is 8.76. The summed E-state index contributed by atoms with van der Waals surface area (Å²) in [7, 11) is 0. The Balaban J connectivity index is 2.07. The van der Waals surface area contributed by atoms with E-state index in [0.29, 0.717) is 6.54 Å². The highest BCUT2D eigenvalue weighted by Gasteiger charge is 1.95. The van der Waals surface area contributed by atoms with Gasteiger partial charge in [-0.05, 0) is 6.07 Å². The van der Waals surface area contributed by atoms with Gasteiger partial charge in [0.1, 0.15) is 6.61 Å². The van der Waals surface area contributed by atoms with Gasteiger partial charge in [0.2, 0.25) is 5.91 Å². The maximum Gasteiger partial charge on any atom is 0.245 e. The molecular formula is C7H10N2O3. The van der Waals surface area contributed by atoms with Crippen molar-refractivity contribution >= 4 is 5.91 Å². The second-order valence-corrected chi connectivity index (χ2v) is 2.21. The molecule has 1 rings (SSSR count). The molecule has 0 fully saturated rings. The number of primary amides is 1. The van der Waals surface area contributed by atoms with Gasteiger partial charge in [-0.25, -0.2) is 0 Å². The molecule has 12 heavy (non-hydrogen) atoms. The summed E-state index contributed by atoms with van der Waals surface area (Å²) in [5.74, 6) is -0.505. The molecule has 0 aliphatic carbocycles. The first-order chi connectivity index (χ1) is 5.79. The van der Waals surface area contributed by atoms with Crippen LogP contribution in [-0.4, -0.2) is 12.5 Å². The Labute approximate surface area is 69.4 Å². The number of amides is 1. The van der Waals surface area contributed by atoms with Crippen molar-refractivity contribution in [3.05, 3.63) is 24.2 Å². The quantitative estimate of drug-likeness (QED) is 0.473. The Morgan fingerprint density at radius 2 is 2.58 bits per heavy atom. The van der Waals surface area contributed by atoms with Crippen LogP contribution in [0.2, 0.25) is 0 Å². The molecule has 0 bridgehead atoms. The van der Waals surface area contributed by atoms with E-state index in [4.69, 9.17) is 15.0 Å². The second-order valence-electron chi connectivity index (χ2n) is 2.21. The lowest BCUT2D eigenvalue weighted by atomic mass is 10.3. The third-order valence-electron chi connectivity index (χ3n) is 1.17. The van der Waals surface area contributed by atoms with Crippen LogP contribution in [0.4, 0.5) is 0 Å². The van der Waals surface area contributed by atoms with Crippen molar-refractivity contribution in [3.8, 4) is 0 Å². The fourth-order valence-electron chi connectivity index (χ4n) is 0.650. The highest BCUT2D eigenvalue weighted by molar-refractivity contribution is 5.74. The van der Waals surface area contributed by atoms with E-state index in [1.54, 1.807) is 18.6 Å². The number of carbonyl (C=O) groups is 1. The molecule has 5 nitrogen and oxygen atoms in total. The number of hydrogen-bond acceptors (Lipinski definition) is 4. The fraction of sp³-hybridized carbons (Fsp3) is 0.286. The van der Waals surface area contributed by atoms with Crippen LogP contribution < -0.4 is 11.2 Å². The first-order valence-electron chi connectivity index (χ1n) is 3.43. The molecule has 0 aliphatic rings. The van der Waals surface area contributed by atoms with E-state index in [1.807, 2.05) is 0 Å². The van der Waals surface area contributed by atoms with Crippen molar-refractivity contribution in [2.45, 2.75) is 6.54 Å². The topological polar surface area (TPSA) is 77.5 Å². The molecule has 0 unspecified atom stereocenters. The Hall–Kier alpha value is -1.33. The summed E-state index contributed by atoms with van der Waals surface area (Å²) in [6, 6.07) is 1.79. The minimum atomic E-state index is -0.505. The summed E-state index contributed by atoms with van der Waals surface area (Å²) in [6.45, 7) is 0.363. The standard InChI is InChI=1S/C7H10N2O3/c8-7(10)5-12-9-3-6-1-2-11-4-6/h1-2,4,9H,3,5H2,(H2,8,10). The summed E-state index contributed by atoms with van der Waals surface area (Å²) in [4.78, 5) is 14.9. The number of rotatable bonds is 5. The third kappa shape index (κ3) is 3.18. The van der Waals surface area contributed by atoms with Gasteiger partial charge in [0.05, 0.1) is 12.5 Å². The zero-order chi connectivity index (χ0) is 8.81. The molecule has 5 heteroatoms. The molecule has 1 aromatic rings. The van der Waals surface area contributed by atoms with E-state index in [9.17, 15) is 4.79 Å². The maximum atomic E-state index is 10.2. The van der Waals surface area contributed by atoms with Crippen LogP contribution in [-0.2, 0) is 16.2 Å². The van der Waals surface area contributed by atoms with Crippen molar-refractivity contribution in [1.82, 2.24) is 5.48 Å². The van der Waals surface area contributed by atoms with Gasteiger partial charge in [-0.1, -0.05) is 0 Å². The van der Waals surface area contributed by atoms with Gasteiger partial charge in [-0.2, -0.15) is 5.48 Å². The Morgan fingerprint density at radius 3 is 3.17 bits per heavy atom. The van der Waals surface area contributed by atoms with Gasteiger partial charge in [-0.3, -0.25) is 9.63 Å². The fourth-order valence-corrected chi connectivity index (χ4v) is 0.650. The Kier molecular flexibility index (Phi) is 3.31. The average Bonchev–Trinajstić information content (AvgIpc) is 2.49. The lowest BCUT2D eigenvalue weighted by molar-refractivity contribution is -0.125. The van der Waals surface area contributed by atoms with Gasteiger partial charge in [-0.15, -0.1) is 0 Å². The first-order valence-corrected chi connectivity index (χ1v) is 3.43. The molecule has 0 atom stereocenters. The van der Waals surface area contributed by atoms with Gasteiger partial charge < -0.3 is 10.2 Å². The third-order valence-corrected chi connectivity index (χ3v) is 1.17. The van der Waals surface area contributed by atoms with Crippen LogP contribution in [0.3, 0.4) is 0 Å². The number of hydrogen-bond donors (Lipinski definition) is 2. The van der Waals surface area contributed by atoms with Crippen LogP contribution in [0.15, 0.2) is 23.0 Å². The zero-order valence-electron chi connectivity index (χ0n) is 6.45. The van der Waals surface area contributed by atoms with Crippen LogP contribution in [0.1, 0.15) is 5.56 Å². The molecule has 1 aromatic heterocycles. The van der Waals surface area contributed by atoms with Crippen molar-refractivity contribution in [1.29, 1.82) is 0 Å². The molecule has 0 saturated carbocycles. The average molecular weight is 170 g/mol. The van der Waals surface area contributed by atoms with Crippen LogP contribution in [0.5, 0.6) is 0 Å². The lowest BCUT2D eigenvalue weighted by Gasteiger charge is -2.00. The maximum absolute atomic E-state index is 10.2. The van der Waals surface area contributed by atoms with Crippen LogP contribution in [0.25, 0.3) is 0 Å². The summed E-state index contributed by atoms with van der Waals surface area (Å²) in [5.41, 5.74) is 8.33. The van der Waals surface area contributed by atoms with E-state index in [1.165, 1.54) is 0 Å². The van der Waals surface area contributed by atoms with E-state index in [-0.39, 0.29) is 6.61 Å². The molecule has 3 N–H and O–H groups in total. The van der Waals surface area contributed by atoms with Crippen molar-refractivity contribution < 1.29 is 14.0 Å². The number of nitrogens with two attached hydrogens (primary N) is 1. The van der Waals surface area contributed by atoms with Gasteiger partial charge in [0, 0.05) is 12.1 Å². The van der Waals surface area contributed by atoms with Crippen LogP contribution in [0, 0.1) is 0 Å². The van der Waals surface area contributed by atoms with Gasteiger partial charge in [0.15, 0.2) is 0 Å². The van der Waals surface area contributed by atoms with Crippen molar-refractivity contribution in [2.24, 2.45) is 5.73 Å². The molecule has 1 heterocycles. The number of furan rings is 1. The molecular weight excluding hydrogens is 160 g/mol. The minimum Gasteiger partial charge on any atom is -0.472 e. The number of nitrogens with one attached hydrogen (secondary N) is 1. The SMILES string of the molecule is NC(=O)CONCc1ccoc1. The predicted molar refractivity (Wildman–Crippen MR) is 40.7 cm³/mol. The molecule has 0 saturated heterocycles. The molecule has 0 radical (unpaired) electrons. The molecule has 0 aliphatic heterocycles. The zero-order valence-corrected chi connectivity index (χ0v) is 6.45. The summed E-state index contributed by atoms with van der Waals surface area (Å²) < 4.78 is 4.81.